The van der Waals surface area contributed by atoms with Crippen molar-refractivity contribution in [1.29, 1.82) is 0 Å². The number of carbonyl (C=O) groups excluding carboxylic acids is 3. The molecule has 0 aliphatic heterocycles. The molecule has 3 amide bonds. The van der Waals surface area contributed by atoms with Gasteiger partial charge in [-0.05, 0) is 31.6 Å². The first kappa shape index (κ1) is 28.1. The fourth-order valence-corrected chi connectivity index (χ4v) is 2.59. The van der Waals surface area contributed by atoms with E-state index >= 15 is 0 Å². The number of carboxylic acids is 1. The standard InChI is InChI=1S/C19H37N7O5/c1-9(2)13(16(28)24-11(5)18(30)31)26-17(29)14(10(3)4)25-15(27)12(20)7-6-8-23-19(21)22/h9-14H,6-8,20H2,1-5H3,(H,24,28)(H,25,27)(H,26,29)(H,30,31)(H4,21,22,23). The van der Waals surface area contributed by atoms with Crippen LogP contribution in [-0.2, 0) is 19.2 Å². The Hall–Kier alpha value is -2.89. The van der Waals surface area contributed by atoms with E-state index in [4.69, 9.17) is 22.3 Å². The number of nitrogens with one attached hydrogen (secondary N) is 3. The molecular weight excluding hydrogens is 406 g/mol. The summed E-state index contributed by atoms with van der Waals surface area (Å²) in [5, 5.41) is 16.5. The van der Waals surface area contributed by atoms with Crippen molar-refractivity contribution >= 4 is 29.7 Å². The molecule has 0 fully saturated rings. The van der Waals surface area contributed by atoms with Crippen LogP contribution >= 0.6 is 0 Å². The first-order chi connectivity index (χ1) is 14.3. The van der Waals surface area contributed by atoms with Gasteiger partial charge in [-0.15, -0.1) is 0 Å². The van der Waals surface area contributed by atoms with E-state index in [1.165, 1.54) is 6.92 Å². The van der Waals surface area contributed by atoms with E-state index in [2.05, 4.69) is 20.9 Å². The molecule has 0 saturated carbocycles. The molecule has 12 heteroatoms. The van der Waals surface area contributed by atoms with Crippen LogP contribution in [0.2, 0.25) is 0 Å². The zero-order chi connectivity index (χ0) is 24.3. The molecule has 12 nitrogen and oxygen atoms in total. The number of carboxylic acid groups (broad SMARTS) is 1. The highest BCUT2D eigenvalue weighted by Crippen LogP contribution is 2.08. The summed E-state index contributed by atoms with van der Waals surface area (Å²) >= 11 is 0. The molecule has 0 aromatic carbocycles. The molecule has 10 N–H and O–H groups in total. The average molecular weight is 444 g/mol. The summed E-state index contributed by atoms with van der Waals surface area (Å²) in [7, 11) is 0. The van der Waals surface area contributed by atoms with Gasteiger partial charge in [0, 0.05) is 6.54 Å². The Morgan fingerprint density at radius 3 is 1.71 bits per heavy atom. The Labute approximate surface area is 182 Å². The van der Waals surface area contributed by atoms with Crippen molar-refractivity contribution in [3.05, 3.63) is 0 Å². The molecule has 0 aliphatic carbocycles. The van der Waals surface area contributed by atoms with Gasteiger partial charge in [-0.2, -0.15) is 0 Å². The lowest BCUT2D eigenvalue weighted by Crippen LogP contribution is -2.59. The van der Waals surface area contributed by atoms with Gasteiger partial charge in [-0.1, -0.05) is 27.7 Å². The Morgan fingerprint density at radius 1 is 0.839 bits per heavy atom. The highest BCUT2D eigenvalue weighted by atomic mass is 16.4. The van der Waals surface area contributed by atoms with Gasteiger partial charge in [-0.25, -0.2) is 0 Å². The van der Waals surface area contributed by atoms with Gasteiger partial charge >= 0.3 is 5.97 Å². The topological polar surface area (TPSA) is 215 Å². The molecule has 0 aromatic rings. The van der Waals surface area contributed by atoms with Gasteiger partial charge in [0.2, 0.25) is 17.7 Å². The predicted octanol–water partition coefficient (Wildman–Crippen LogP) is -1.76. The summed E-state index contributed by atoms with van der Waals surface area (Å²) in [6.45, 7) is 8.57. The number of hydrogen-bond acceptors (Lipinski definition) is 6. The summed E-state index contributed by atoms with van der Waals surface area (Å²) in [5.41, 5.74) is 16.4. The minimum atomic E-state index is -1.19. The lowest BCUT2D eigenvalue weighted by Gasteiger charge is -2.28. The second kappa shape index (κ2) is 13.4. The van der Waals surface area contributed by atoms with Crippen LogP contribution in [0, 0.1) is 11.8 Å². The summed E-state index contributed by atoms with van der Waals surface area (Å²) in [6.07, 6.45) is 0.807. The molecule has 4 unspecified atom stereocenters. The summed E-state index contributed by atoms with van der Waals surface area (Å²) < 4.78 is 0. The first-order valence-electron chi connectivity index (χ1n) is 10.2. The molecule has 0 aliphatic rings. The van der Waals surface area contributed by atoms with Gasteiger partial charge in [0.05, 0.1) is 6.04 Å². The third-order valence-corrected chi connectivity index (χ3v) is 4.53. The van der Waals surface area contributed by atoms with Crippen molar-refractivity contribution < 1.29 is 24.3 Å². The molecule has 0 bridgehead atoms. The minimum Gasteiger partial charge on any atom is -0.480 e. The lowest BCUT2D eigenvalue weighted by atomic mass is 9.99. The normalized spacial score (nSPS) is 14.8. The van der Waals surface area contributed by atoms with Crippen LogP contribution in [0.5, 0.6) is 0 Å². The third-order valence-electron chi connectivity index (χ3n) is 4.53. The monoisotopic (exact) mass is 443 g/mol. The molecule has 0 saturated heterocycles. The zero-order valence-electron chi connectivity index (χ0n) is 18.8. The van der Waals surface area contributed by atoms with Gasteiger partial charge in [0.25, 0.3) is 0 Å². The van der Waals surface area contributed by atoms with Gasteiger partial charge in [0.15, 0.2) is 5.96 Å². The van der Waals surface area contributed by atoms with E-state index in [-0.39, 0.29) is 17.8 Å². The fraction of sp³-hybridized carbons (Fsp3) is 0.737. The van der Waals surface area contributed by atoms with Gasteiger partial charge in [-0.3, -0.25) is 24.2 Å². The van der Waals surface area contributed by atoms with Crippen LogP contribution < -0.4 is 33.2 Å². The number of hydrogen-bond donors (Lipinski definition) is 7. The van der Waals surface area contributed by atoms with Crippen molar-refractivity contribution in [3.8, 4) is 0 Å². The van der Waals surface area contributed by atoms with Crippen molar-refractivity contribution in [2.45, 2.75) is 71.6 Å². The molecular formula is C19H37N7O5. The number of aliphatic carboxylic acids is 1. The summed E-state index contributed by atoms with van der Waals surface area (Å²) in [6, 6.07) is -3.87. The number of rotatable bonds is 13. The summed E-state index contributed by atoms with van der Waals surface area (Å²) in [5.74, 6) is -3.53. The van der Waals surface area contributed by atoms with Crippen molar-refractivity contribution in [2.24, 2.45) is 34.0 Å². The SMILES string of the molecule is CC(NC(=O)C(NC(=O)C(NC(=O)C(N)CCCN=C(N)N)C(C)C)C(C)C)C(=O)O. The van der Waals surface area contributed by atoms with Crippen LogP contribution in [0.1, 0.15) is 47.5 Å². The second-order valence-corrected chi connectivity index (χ2v) is 8.08. The highest BCUT2D eigenvalue weighted by Gasteiger charge is 2.32. The maximum absolute atomic E-state index is 12.8. The maximum Gasteiger partial charge on any atom is 0.325 e. The van der Waals surface area contributed by atoms with E-state index in [0.29, 0.717) is 19.4 Å². The zero-order valence-corrected chi connectivity index (χ0v) is 18.8. The Bertz CT molecular complexity index is 662. The van der Waals surface area contributed by atoms with Gasteiger partial charge < -0.3 is 38.3 Å². The number of guanidine groups is 1. The van der Waals surface area contributed by atoms with E-state index in [1.807, 2.05) is 0 Å². The molecule has 0 radical (unpaired) electrons. The maximum atomic E-state index is 12.8. The van der Waals surface area contributed by atoms with Crippen molar-refractivity contribution in [2.75, 3.05) is 6.54 Å². The van der Waals surface area contributed by atoms with E-state index in [1.54, 1.807) is 27.7 Å². The minimum absolute atomic E-state index is 0.0453. The smallest absolute Gasteiger partial charge is 0.325 e. The van der Waals surface area contributed by atoms with Crippen molar-refractivity contribution in [1.82, 2.24) is 16.0 Å². The van der Waals surface area contributed by atoms with E-state index in [9.17, 15) is 19.2 Å². The Balaban J connectivity index is 5.07. The quantitative estimate of drug-likeness (QED) is 0.0980. The first-order valence-corrected chi connectivity index (χ1v) is 10.2. The summed E-state index contributed by atoms with van der Waals surface area (Å²) in [4.78, 5) is 52.4. The number of aliphatic imine (C=N–C) groups is 1. The fourth-order valence-electron chi connectivity index (χ4n) is 2.59. The Kier molecular flexibility index (Phi) is 12.2. The van der Waals surface area contributed by atoms with Crippen LogP contribution in [0.15, 0.2) is 4.99 Å². The van der Waals surface area contributed by atoms with Crippen molar-refractivity contribution in [3.63, 3.8) is 0 Å². The molecule has 4 atom stereocenters. The molecule has 178 valence electrons. The number of nitrogens with zero attached hydrogens (tertiary/aromatic N) is 1. The Morgan fingerprint density at radius 2 is 1.29 bits per heavy atom. The number of nitrogens with two attached hydrogens (primary N) is 3. The van der Waals surface area contributed by atoms with Crippen LogP contribution in [0.3, 0.4) is 0 Å². The third kappa shape index (κ3) is 10.6. The van der Waals surface area contributed by atoms with Crippen LogP contribution in [0.4, 0.5) is 0 Å². The lowest BCUT2D eigenvalue weighted by molar-refractivity contribution is -0.142. The molecule has 31 heavy (non-hydrogen) atoms. The highest BCUT2D eigenvalue weighted by molar-refractivity contribution is 5.94. The van der Waals surface area contributed by atoms with Gasteiger partial charge in [0.1, 0.15) is 18.1 Å². The molecule has 0 heterocycles. The average Bonchev–Trinajstić information content (AvgIpc) is 2.65. The molecule has 0 rings (SSSR count). The predicted molar refractivity (Wildman–Crippen MR) is 117 cm³/mol. The molecule has 0 aromatic heterocycles. The van der Waals surface area contributed by atoms with Crippen LogP contribution in [-0.4, -0.2) is 65.5 Å². The van der Waals surface area contributed by atoms with Crippen LogP contribution in [0.25, 0.3) is 0 Å². The number of carbonyl (C=O) groups is 4. The largest absolute Gasteiger partial charge is 0.480 e. The second-order valence-electron chi connectivity index (χ2n) is 8.08. The van der Waals surface area contributed by atoms with E-state index in [0.717, 1.165) is 0 Å². The molecule has 0 spiro atoms. The van der Waals surface area contributed by atoms with E-state index < -0.39 is 47.9 Å². The number of amides is 3.